The van der Waals surface area contributed by atoms with Gasteiger partial charge in [-0.25, -0.2) is 14.8 Å². The van der Waals surface area contributed by atoms with Crippen LogP contribution in [0.3, 0.4) is 0 Å². The van der Waals surface area contributed by atoms with Gasteiger partial charge >= 0.3 is 5.97 Å². The number of hydrogen-bond donors (Lipinski definition) is 2. The molecule has 1 fully saturated rings. The second-order valence-corrected chi connectivity index (χ2v) is 4.93. The molecule has 0 bridgehead atoms. The van der Waals surface area contributed by atoms with Crippen LogP contribution in [0.15, 0.2) is 12.4 Å². The van der Waals surface area contributed by atoms with E-state index < -0.39 is 5.97 Å². The number of anilines is 1. The summed E-state index contributed by atoms with van der Waals surface area (Å²) in [6.07, 6.45) is 4.73. The van der Waals surface area contributed by atoms with Crippen molar-refractivity contribution >= 4 is 17.7 Å². The highest BCUT2D eigenvalue weighted by molar-refractivity contribution is 5.84. The van der Waals surface area contributed by atoms with E-state index in [4.69, 9.17) is 5.11 Å². The summed E-state index contributed by atoms with van der Waals surface area (Å²) in [5.41, 5.74) is -0.0469. The number of rotatable bonds is 4. The van der Waals surface area contributed by atoms with Gasteiger partial charge in [0.05, 0.1) is 12.4 Å². The molecule has 0 aliphatic carbocycles. The van der Waals surface area contributed by atoms with Gasteiger partial charge in [-0.05, 0) is 18.8 Å². The molecule has 1 aliphatic rings. The Balaban J connectivity index is 1.87. The van der Waals surface area contributed by atoms with Crippen LogP contribution in [0.2, 0.25) is 0 Å². The molecule has 20 heavy (non-hydrogen) atoms. The Bertz CT molecular complexity index is 481. The highest BCUT2D eigenvalue weighted by atomic mass is 16.4. The quantitative estimate of drug-likeness (QED) is 0.834. The van der Waals surface area contributed by atoms with Gasteiger partial charge < -0.3 is 15.3 Å². The van der Waals surface area contributed by atoms with Gasteiger partial charge in [0.1, 0.15) is 5.82 Å². The van der Waals surface area contributed by atoms with E-state index in [-0.39, 0.29) is 11.6 Å². The Morgan fingerprint density at radius 3 is 2.55 bits per heavy atom. The van der Waals surface area contributed by atoms with Crippen molar-refractivity contribution in [2.24, 2.45) is 5.92 Å². The summed E-state index contributed by atoms with van der Waals surface area (Å²) in [5.74, 6) is 0.120. The van der Waals surface area contributed by atoms with Gasteiger partial charge in [-0.2, -0.15) is 0 Å². The van der Waals surface area contributed by atoms with Crippen molar-refractivity contribution in [1.82, 2.24) is 15.3 Å². The lowest BCUT2D eigenvalue weighted by Gasteiger charge is -2.32. The second kappa shape index (κ2) is 6.31. The van der Waals surface area contributed by atoms with Crippen LogP contribution < -0.4 is 10.2 Å². The first-order chi connectivity index (χ1) is 9.56. The molecule has 2 N–H and O–H groups in total. The van der Waals surface area contributed by atoms with Crippen molar-refractivity contribution in [3.8, 4) is 0 Å². The molecule has 1 amide bonds. The van der Waals surface area contributed by atoms with E-state index in [1.165, 1.54) is 19.3 Å². The number of carbonyl (C=O) groups is 2. The summed E-state index contributed by atoms with van der Waals surface area (Å²) in [6, 6.07) is 0. The Labute approximate surface area is 117 Å². The minimum Gasteiger partial charge on any atom is -0.476 e. The fourth-order valence-electron chi connectivity index (χ4n) is 2.25. The van der Waals surface area contributed by atoms with E-state index in [0.717, 1.165) is 25.9 Å². The number of carbonyl (C=O) groups excluding carboxylic acids is 1. The van der Waals surface area contributed by atoms with E-state index in [1.54, 1.807) is 0 Å². The van der Waals surface area contributed by atoms with Crippen molar-refractivity contribution in [3.63, 3.8) is 0 Å². The topological polar surface area (TPSA) is 95.4 Å². The third-order valence-electron chi connectivity index (χ3n) is 3.44. The minimum atomic E-state index is -1.07. The molecular weight excluding hydrogens is 260 g/mol. The fourth-order valence-corrected chi connectivity index (χ4v) is 2.25. The molecule has 0 aromatic carbocycles. The molecule has 0 atom stereocenters. The van der Waals surface area contributed by atoms with Gasteiger partial charge in [-0.3, -0.25) is 4.79 Å². The number of piperidine rings is 1. The smallest absolute Gasteiger partial charge is 0.356 e. The summed E-state index contributed by atoms with van der Waals surface area (Å²) in [4.78, 5) is 31.7. The van der Waals surface area contributed by atoms with E-state index in [1.807, 2.05) is 0 Å². The predicted octanol–water partition coefficient (Wildman–Crippen LogP) is 0.527. The summed E-state index contributed by atoms with van der Waals surface area (Å²) in [7, 11) is 0. The van der Waals surface area contributed by atoms with Gasteiger partial charge in [-0.15, -0.1) is 0 Å². The molecule has 2 rings (SSSR count). The Kier molecular flexibility index (Phi) is 4.49. The Hall–Kier alpha value is -2.18. The van der Waals surface area contributed by atoms with Crippen LogP contribution >= 0.6 is 0 Å². The van der Waals surface area contributed by atoms with E-state index in [0.29, 0.717) is 18.3 Å². The highest BCUT2D eigenvalue weighted by Gasteiger charge is 2.20. The second-order valence-electron chi connectivity index (χ2n) is 4.93. The third-order valence-corrected chi connectivity index (χ3v) is 3.44. The van der Waals surface area contributed by atoms with Crippen LogP contribution in [-0.2, 0) is 4.79 Å². The van der Waals surface area contributed by atoms with Crippen molar-refractivity contribution in [2.75, 3.05) is 24.5 Å². The number of amides is 1. The maximum atomic E-state index is 10.9. The molecule has 1 aliphatic heterocycles. The zero-order chi connectivity index (χ0) is 14.5. The molecule has 1 aromatic rings. The molecule has 2 heterocycles. The standard InChI is InChI=1S/C13H18N4O3/c1-9(18)14-6-10-2-4-17(5-3-10)12-8-15-11(7-16-12)13(19)20/h7-8,10H,2-6H2,1H3,(H,14,18)(H,19,20). The number of nitrogens with zero attached hydrogens (tertiary/aromatic N) is 3. The van der Waals surface area contributed by atoms with Crippen LogP contribution in [0.5, 0.6) is 0 Å². The summed E-state index contributed by atoms with van der Waals surface area (Å²) < 4.78 is 0. The first-order valence-corrected chi connectivity index (χ1v) is 6.61. The lowest BCUT2D eigenvalue weighted by molar-refractivity contribution is -0.119. The number of carboxylic acid groups (broad SMARTS) is 1. The Morgan fingerprint density at radius 1 is 1.35 bits per heavy atom. The lowest BCUT2D eigenvalue weighted by Crippen LogP contribution is -2.38. The normalized spacial score (nSPS) is 15.9. The molecule has 0 saturated carbocycles. The molecule has 0 spiro atoms. The molecular formula is C13H18N4O3. The zero-order valence-corrected chi connectivity index (χ0v) is 11.4. The van der Waals surface area contributed by atoms with E-state index in [2.05, 4.69) is 20.2 Å². The summed E-state index contributed by atoms with van der Waals surface area (Å²) in [5, 5.41) is 11.6. The van der Waals surface area contributed by atoms with Crippen molar-refractivity contribution in [2.45, 2.75) is 19.8 Å². The Morgan fingerprint density at radius 2 is 2.05 bits per heavy atom. The largest absolute Gasteiger partial charge is 0.476 e. The molecule has 108 valence electrons. The molecule has 7 heteroatoms. The fraction of sp³-hybridized carbons (Fsp3) is 0.538. The molecule has 0 radical (unpaired) electrons. The number of aromatic nitrogens is 2. The number of nitrogens with one attached hydrogen (secondary N) is 1. The van der Waals surface area contributed by atoms with Crippen LogP contribution in [0.1, 0.15) is 30.3 Å². The first-order valence-electron chi connectivity index (χ1n) is 6.61. The molecule has 0 unspecified atom stereocenters. The SMILES string of the molecule is CC(=O)NCC1CCN(c2cnc(C(=O)O)cn2)CC1. The van der Waals surface area contributed by atoms with Crippen LogP contribution in [0.4, 0.5) is 5.82 Å². The molecule has 7 nitrogen and oxygen atoms in total. The van der Waals surface area contributed by atoms with Gasteiger partial charge in [-0.1, -0.05) is 0 Å². The highest BCUT2D eigenvalue weighted by Crippen LogP contribution is 2.20. The maximum absolute atomic E-state index is 10.9. The zero-order valence-electron chi connectivity index (χ0n) is 11.4. The lowest BCUT2D eigenvalue weighted by atomic mass is 9.97. The predicted molar refractivity (Wildman–Crippen MR) is 72.6 cm³/mol. The van der Waals surface area contributed by atoms with Crippen molar-refractivity contribution in [3.05, 3.63) is 18.1 Å². The average Bonchev–Trinajstić information content (AvgIpc) is 2.46. The number of hydrogen-bond acceptors (Lipinski definition) is 5. The van der Waals surface area contributed by atoms with Crippen LogP contribution in [-0.4, -0.2) is 46.6 Å². The summed E-state index contributed by atoms with van der Waals surface area (Å²) >= 11 is 0. The number of carboxylic acids is 1. The monoisotopic (exact) mass is 278 g/mol. The minimum absolute atomic E-state index is 0.00237. The van der Waals surface area contributed by atoms with Crippen molar-refractivity contribution in [1.29, 1.82) is 0 Å². The first kappa shape index (κ1) is 14.2. The third kappa shape index (κ3) is 3.66. The maximum Gasteiger partial charge on any atom is 0.356 e. The van der Waals surface area contributed by atoms with Gasteiger partial charge in [0.2, 0.25) is 5.91 Å². The molecule has 1 saturated heterocycles. The van der Waals surface area contributed by atoms with Crippen LogP contribution in [0.25, 0.3) is 0 Å². The van der Waals surface area contributed by atoms with Crippen LogP contribution in [0, 0.1) is 5.92 Å². The molecule has 1 aromatic heterocycles. The number of aromatic carboxylic acids is 1. The van der Waals surface area contributed by atoms with Gasteiger partial charge in [0.15, 0.2) is 5.69 Å². The van der Waals surface area contributed by atoms with Gasteiger partial charge in [0, 0.05) is 26.6 Å². The van der Waals surface area contributed by atoms with Crippen molar-refractivity contribution < 1.29 is 14.7 Å². The van der Waals surface area contributed by atoms with E-state index >= 15 is 0 Å². The average molecular weight is 278 g/mol. The summed E-state index contributed by atoms with van der Waals surface area (Å²) in [6.45, 7) is 3.91. The van der Waals surface area contributed by atoms with E-state index in [9.17, 15) is 9.59 Å². The van der Waals surface area contributed by atoms with Gasteiger partial charge in [0.25, 0.3) is 0 Å².